The maximum absolute atomic E-state index is 13.1. The molecule has 0 aliphatic heterocycles. The smallest absolute Gasteiger partial charge is 0.273 e. The predicted molar refractivity (Wildman–Crippen MR) is 133 cm³/mol. The number of amides is 4. The summed E-state index contributed by atoms with van der Waals surface area (Å²) < 4.78 is 0. The van der Waals surface area contributed by atoms with Crippen molar-refractivity contribution in [2.75, 3.05) is 0 Å². The zero-order valence-electron chi connectivity index (χ0n) is 20.5. The van der Waals surface area contributed by atoms with Crippen LogP contribution in [0.25, 0.3) is 0 Å². The Hall–Kier alpha value is -4.08. The number of hydrogen-bond acceptors (Lipinski definition) is 6. The number of benzene rings is 2. The molecule has 0 aromatic heterocycles. The number of unbranched alkanes of at least 4 members (excludes halogenated alkanes) is 2. The van der Waals surface area contributed by atoms with Gasteiger partial charge >= 0.3 is 0 Å². The minimum Gasteiger partial charge on any atom is -0.507 e. The molecule has 2 unspecified atom stereocenters. The molecule has 2 atom stereocenters. The van der Waals surface area contributed by atoms with E-state index >= 15 is 0 Å². The first-order chi connectivity index (χ1) is 17.3. The van der Waals surface area contributed by atoms with Gasteiger partial charge in [-0.2, -0.15) is 0 Å². The van der Waals surface area contributed by atoms with E-state index in [4.69, 9.17) is 0 Å². The molecule has 194 valence electrons. The van der Waals surface area contributed by atoms with E-state index in [2.05, 4.69) is 21.7 Å². The lowest BCUT2D eigenvalue weighted by Gasteiger charge is -2.26. The number of carbonyl (C=O) groups is 4. The molecule has 0 bridgehead atoms. The van der Waals surface area contributed by atoms with Gasteiger partial charge in [-0.1, -0.05) is 63.8 Å². The van der Waals surface area contributed by atoms with Gasteiger partial charge in [-0.15, -0.1) is 0 Å². The number of carbonyl (C=O) groups excluding carboxylic acids is 4. The standard InChI is InChI=1S/C26H34N4O6/c1-3-5-11-17(23(33)27-29-25(35)19-13-7-9-15-21(19)31)18(12-6-4-2)24(34)28-30-26(36)20-14-8-10-16-22(20)32/h7-10,13-18,31-32H,3-6,11-12H2,1-2H3,(H,27,33)(H,28,34)(H,29,35)(H,30,36). The zero-order chi connectivity index (χ0) is 26.5. The van der Waals surface area contributed by atoms with E-state index in [1.54, 1.807) is 24.3 Å². The first-order valence-electron chi connectivity index (χ1n) is 12.1. The molecule has 0 radical (unpaired) electrons. The van der Waals surface area contributed by atoms with Crippen molar-refractivity contribution in [2.24, 2.45) is 11.8 Å². The van der Waals surface area contributed by atoms with Crippen LogP contribution >= 0.6 is 0 Å². The van der Waals surface area contributed by atoms with Gasteiger partial charge in [0.25, 0.3) is 11.8 Å². The van der Waals surface area contributed by atoms with Gasteiger partial charge in [0, 0.05) is 0 Å². The lowest BCUT2D eigenvalue weighted by molar-refractivity contribution is -0.136. The van der Waals surface area contributed by atoms with Crippen molar-refractivity contribution in [3.8, 4) is 11.5 Å². The Morgan fingerprint density at radius 3 is 1.33 bits per heavy atom. The van der Waals surface area contributed by atoms with Gasteiger partial charge in [-0.25, -0.2) is 0 Å². The number of hydrogen-bond donors (Lipinski definition) is 6. The average molecular weight is 499 g/mol. The fraction of sp³-hybridized carbons (Fsp3) is 0.385. The minimum absolute atomic E-state index is 0.00457. The van der Waals surface area contributed by atoms with Crippen LogP contribution in [0.1, 0.15) is 73.1 Å². The Morgan fingerprint density at radius 2 is 1.00 bits per heavy atom. The van der Waals surface area contributed by atoms with Gasteiger partial charge in [0.05, 0.1) is 23.0 Å². The molecule has 36 heavy (non-hydrogen) atoms. The van der Waals surface area contributed by atoms with Crippen LogP contribution in [0.3, 0.4) is 0 Å². The van der Waals surface area contributed by atoms with Crippen molar-refractivity contribution < 1.29 is 29.4 Å². The van der Waals surface area contributed by atoms with Gasteiger partial charge in [-0.3, -0.25) is 40.9 Å². The van der Waals surface area contributed by atoms with Crippen LogP contribution in [0.4, 0.5) is 0 Å². The first kappa shape index (κ1) is 28.2. The maximum Gasteiger partial charge on any atom is 0.273 e. The highest BCUT2D eigenvalue weighted by molar-refractivity contribution is 5.99. The minimum atomic E-state index is -0.775. The molecule has 0 aliphatic rings. The Kier molecular flexibility index (Phi) is 11.2. The summed E-state index contributed by atoms with van der Waals surface area (Å²) in [6.07, 6.45) is 3.71. The molecule has 2 aromatic carbocycles. The van der Waals surface area contributed by atoms with Crippen LogP contribution in [0.2, 0.25) is 0 Å². The van der Waals surface area contributed by atoms with Crippen LogP contribution in [-0.2, 0) is 9.59 Å². The van der Waals surface area contributed by atoms with E-state index in [-0.39, 0.29) is 22.6 Å². The van der Waals surface area contributed by atoms with Gasteiger partial charge in [0.1, 0.15) is 11.5 Å². The normalized spacial score (nSPS) is 12.2. The first-order valence-corrected chi connectivity index (χ1v) is 12.1. The van der Waals surface area contributed by atoms with E-state index < -0.39 is 35.5 Å². The van der Waals surface area contributed by atoms with Gasteiger partial charge < -0.3 is 10.2 Å². The molecule has 0 heterocycles. The van der Waals surface area contributed by atoms with E-state index in [0.717, 1.165) is 12.8 Å². The quantitative estimate of drug-likeness (QED) is 0.262. The molecule has 10 heteroatoms. The van der Waals surface area contributed by atoms with Crippen molar-refractivity contribution in [3.63, 3.8) is 0 Å². The maximum atomic E-state index is 13.1. The summed E-state index contributed by atoms with van der Waals surface area (Å²) in [6.45, 7) is 3.92. The second-order valence-corrected chi connectivity index (χ2v) is 8.42. The third kappa shape index (κ3) is 8.00. The average Bonchev–Trinajstić information content (AvgIpc) is 2.88. The van der Waals surface area contributed by atoms with Crippen molar-refractivity contribution in [2.45, 2.75) is 52.4 Å². The zero-order valence-corrected chi connectivity index (χ0v) is 20.5. The number of phenols is 2. The second-order valence-electron chi connectivity index (χ2n) is 8.42. The summed E-state index contributed by atoms with van der Waals surface area (Å²) in [6, 6.07) is 11.8. The molecule has 0 saturated carbocycles. The largest absolute Gasteiger partial charge is 0.507 e. The molecular formula is C26H34N4O6. The fourth-order valence-corrected chi connectivity index (χ4v) is 3.77. The van der Waals surface area contributed by atoms with Crippen molar-refractivity contribution in [3.05, 3.63) is 59.7 Å². The van der Waals surface area contributed by atoms with Gasteiger partial charge in [0.15, 0.2) is 0 Å². The van der Waals surface area contributed by atoms with Crippen molar-refractivity contribution in [1.82, 2.24) is 21.7 Å². The van der Waals surface area contributed by atoms with Gasteiger partial charge in [-0.05, 0) is 37.1 Å². The molecule has 4 amide bonds. The third-order valence-corrected chi connectivity index (χ3v) is 5.79. The summed E-state index contributed by atoms with van der Waals surface area (Å²) >= 11 is 0. The summed E-state index contributed by atoms with van der Waals surface area (Å²) in [7, 11) is 0. The van der Waals surface area contributed by atoms with Crippen molar-refractivity contribution >= 4 is 23.6 Å². The Labute approximate surface area is 210 Å². The fourth-order valence-electron chi connectivity index (χ4n) is 3.77. The highest BCUT2D eigenvalue weighted by Crippen LogP contribution is 2.25. The molecule has 2 aromatic rings. The van der Waals surface area contributed by atoms with E-state index in [9.17, 15) is 29.4 Å². The van der Waals surface area contributed by atoms with Crippen LogP contribution < -0.4 is 21.7 Å². The number of rotatable bonds is 11. The lowest BCUT2D eigenvalue weighted by atomic mass is 9.83. The monoisotopic (exact) mass is 498 g/mol. The van der Waals surface area contributed by atoms with Crippen LogP contribution in [0.5, 0.6) is 11.5 Å². The summed E-state index contributed by atoms with van der Waals surface area (Å²) in [5, 5.41) is 19.7. The Bertz CT molecular complexity index is 975. The molecule has 10 nitrogen and oxygen atoms in total. The summed E-state index contributed by atoms with van der Waals surface area (Å²) in [4.78, 5) is 51.0. The second kappa shape index (κ2) is 14.3. The topological polar surface area (TPSA) is 157 Å². The number of phenolic OH excluding ortho intramolecular Hbond substituents is 2. The van der Waals surface area contributed by atoms with Gasteiger partial charge in [0.2, 0.25) is 11.8 Å². The predicted octanol–water partition coefficient (Wildman–Crippen LogP) is 2.93. The molecule has 6 N–H and O–H groups in total. The highest BCUT2D eigenvalue weighted by Gasteiger charge is 2.33. The number of hydrazine groups is 2. The molecule has 2 rings (SSSR count). The van der Waals surface area contributed by atoms with E-state index in [1.165, 1.54) is 24.3 Å². The Morgan fingerprint density at radius 1 is 0.639 bits per heavy atom. The summed E-state index contributed by atoms with van der Waals surface area (Å²) in [5.41, 5.74) is 9.34. The number of aromatic hydroxyl groups is 2. The molecular weight excluding hydrogens is 464 g/mol. The highest BCUT2D eigenvalue weighted by atomic mass is 16.3. The number of para-hydroxylation sites is 2. The van der Waals surface area contributed by atoms with Crippen molar-refractivity contribution in [1.29, 1.82) is 0 Å². The summed E-state index contributed by atoms with van der Waals surface area (Å²) in [5.74, 6) is -4.49. The van der Waals surface area contributed by atoms with E-state index in [0.29, 0.717) is 25.7 Å². The van der Waals surface area contributed by atoms with E-state index in [1.807, 2.05) is 13.8 Å². The third-order valence-electron chi connectivity index (χ3n) is 5.79. The SMILES string of the molecule is CCCCC(C(=O)NNC(=O)c1ccccc1O)C(CCCC)C(=O)NNC(=O)c1ccccc1O. The molecule has 0 aliphatic carbocycles. The molecule has 0 fully saturated rings. The lowest BCUT2D eigenvalue weighted by Crippen LogP contribution is -2.51. The van der Waals surface area contributed by atoms with Crippen LogP contribution in [-0.4, -0.2) is 33.8 Å². The number of nitrogens with one attached hydrogen (secondary N) is 4. The molecule has 0 saturated heterocycles. The van der Waals surface area contributed by atoms with Crippen LogP contribution in [0.15, 0.2) is 48.5 Å². The molecule has 0 spiro atoms. The van der Waals surface area contributed by atoms with Crippen LogP contribution in [0, 0.1) is 11.8 Å². The Balaban J connectivity index is 2.12.